The fourth-order valence-electron chi connectivity index (χ4n) is 8.23. The molecule has 4 aliphatic rings. The molecule has 7 atom stereocenters. The summed E-state index contributed by atoms with van der Waals surface area (Å²) in [5, 5.41) is 32.8. The number of aliphatic hydroxyl groups is 2. The van der Waals surface area contributed by atoms with Crippen LogP contribution < -0.4 is 9.47 Å². The van der Waals surface area contributed by atoms with Crippen molar-refractivity contribution in [1.82, 2.24) is 0 Å². The molecule has 260 valence electrons. The normalized spacial score (nSPS) is 25.8. The first-order valence-corrected chi connectivity index (χ1v) is 16.5. The van der Waals surface area contributed by atoms with Crippen molar-refractivity contribution < 1.29 is 58.2 Å². The Hall–Kier alpha value is -5.20. The van der Waals surface area contributed by atoms with Crippen LogP contribution in [0, 0.1) is 5.92 Å². The first-order valence-electron chi connectivity index (χ1n) is 16.5. The molecular weight excluding hydrogens is 648 g/mol. The molecule has 3 aromatic carbocycles. The van der Waals surface area contributed by atoms with E-state index in [1.54, 1.807) is 42.5 Å². The zero-order valence-electron chi connectivity index (χ0n) is 27.2. The number of carbonyl (C=O) groups excluding carboxylic acids is 3. The van der Waals surface area contributed by atoms with Gasteiger partial charge in [0.15, 0.2) is 23.7 Å². The van der Waals surface area contributed by atoms with Crippen molar-refractivity contribution >= 4 is 23.9 Å². The number of carboxylic acid groups (broad SMARTS) is 1. The predicted molar refractivity (Wildman–Crippen MR) is 173 cm³/mol. The number of aliphatic carboxylic acids is 1. The highest BCUT2D eigenvalue weighted by atomic mass is 16.6. The Morgan fingerprint density at radius 2 is 1.60 bits per heavy atom. The van der Waals surface area contributed by atoms with Crippen molar-refractivity contribution in [3.05, 3.63) is 107 Å². The maximum absolute atomic E-state index is 13.3. The van der Waals surface area contributed by atoms with E-state index in [0.29, 0.717) is 24.3 Å². The lowest BCUT2D eigenvalue weighted by atomic mass is 9.47. The van der Waals surface area contributed by atoms with Gasteiger partial charge in [0.2, 0.25) is 12.2 Å². The van der Waals surface area contributed by atoms with Crippen LogP contribution in [0.5, 0.6) is 11.5 Å². The number of carbonyl (C=O) groups is 4. The van der Waals surface area contributed by atoms with Crippen LogP contribution in [0.4, 0.5) is 0 Å². The first-order chi connectivity index (χ1) is 24.1. The summed E-state index contributed by atoms with van der Waals surface area (Å²) >= 11 is 0. The summed E-state index contributed by atoms with van der Waals surface area (Å²) < 4.78 is 28.5. The lowest BCUT2D eigenvalue weighted by Crippen LogP contribution is -2.67. The number of ether oxygens (including phenoxy) is 5. The SMILES string of the molecule is COc1ccc2c3c1O[C@@H]1C(OC(=O)[C@@H](O)CC(=O)O[C@H](C(=O)O[C@H](C(=O)O)c4ccccc4)c4ccccc4)=CC[C@]4(O)[C@@H](CCC[C@@]314)C2. The zero-order chi connectivity index (χ0) is 35.2. The van der Waals surface area contributed by atoms with Gasteiger partial charge >= 0.3 is 23.9 Å². The summed E-state index contributed by atoms with van der Waals surface area (Å²) in [5.74, 6) is -3.80. The molecule has 2 bridgehead atoms. The predicted octanol–water partition coefficient (Wildman–Crippen LogP) is 4.02. The Labute approximate surface area is 287 Å². The molecule has 0 aromatic heterocycles. The standard InChI is InChI=1S/C38H36O12/c1-46-26-15-14-23-19-24-13-8-17-37-29(23)32(26)49-33(37)27(16-18-38(24,37)45)47-35(43)25(39)20-28(40)48-31(22-11-6-3-7-12-22)36(44)50-30(34(41)42)21-9-4-2-5-10-21/h2-7,9-12,14-16,24-25,30-31,33,39,45H,8,13,17-20H2,1H3,(H,41,42)/t24-,25-,30-,31-,33+,37+,38-/m0/s1. The summed E-state index contributed by atoms with van der Waals surface area (Å²) in [5.41, 5.74) is 0.268. The molecular formula is C38H36O12. The molecule has 12 heteroatoms. The molecule has 1 aliphatic heterocycles. The third kappa shape index (κ3) is 5.39. The van der Waals surface area contributed by atoms with Crippen LogP contribution in [-0.2, 0) is 45.2 Å². The summed E-state index contributed by atoms with van der Waals surface area (Å²) in [7, 11) is 1.53. The Kier molecular flexibility index (Phi) is 8.61. The third-order valence-electron chi connectivity index (χ3n) is 10.4. The second kappa shape index (κ2) is 12.9. The molecule has 0 radical (unpaired) electrons. The molecule has 12 nitrogen and oxygen atoms in total. The largest absolute Gasteiger partial charge is 0.493 e. The molecule has 3 aliphatic carbocycles. The van der Waals surface area contributed by atoms with Crippen LogP contribution >= 0.6 is 0 Å². The summed E-state index contributed by atoms with van der Waals surface area (Å²) in [6.45, 7) is 0. The van der Waals surface area contributed by atoms with Crippen LogP contribution in [-0.4, -0.2) is 64.1 Å². The Morgan fingerprint density at radius 1 is 0.920 bits per heavy atom. The van der Waals surface area contributed by atoms with E-state index >= 15 is 0 Å². The highest BCUT2D eigenvalue weighted by Crippen LogP contribution is 2.67. The fourth-order valence-corrected chi connectivity index (χ4v) is 8.23. The fraction of sp³-hybridized carbons (Fsp3) is 0.368. The van der Waals surface area contributed by atoms with Crippen LogP contribution in [0.3, 0.4) is 0 Å². The van der Waals surface area contributed by atoms with Crippen LogP contribution in [0.1, 0.15) is 66.6 Å². The number of methoxy groups -OCH3 is 1. The Bertz CT molecular complexity index is 1860. The average Bonchev–Trinajstić information content (AvgIpc) is 3.46. The van der Waals surface area contributed by atoms with Gasteiger partial charge in [0.25, 0.3) is 0 Å². The Balaban J connectivity index is 1.07. The maximum atomic E-state index is 13.3. The lowest BCUT2D eigenvalue weighted by molar-refractivity contribution is -0.179. The highest BCUT2D eigenvalue weighted by molar-refractivity contribution is 5.86. The van der Waals surface area contributed by atoms with E-state index in [4.69, 9.17) is 23.7 Å². The van der Waals surface area contributed by atoms with Gasteiger partial charge < -0.3 is 39.0 Å². The highest BCUT2D eigenvalue weighted by Gasteiger charge is 2.71. The molecule has 1 fully saturated rings. The van der Waals surface area contributed by atoms with Crippen molar-refractivity contribution in [2.75, 3.05) is 7.11 Å². The van der Waals surface area contributed by atoms with Gasteiger partial charge in [-0.25, -0.2) is 14.4 Å². The van der Waals surface area contributed by atoms with E-state index in [0.717, 1.165) is 24.0 Å². The summed E-state index contributed by atoms with van der Waals surface area (Å²) in [4.78, 5) is 51.7. The average molecular weight is 685 g/mol. The van der Waals surface area contributed by atoms with Gasteiger partial charge in [0, 0.05) is 16.7 Å². The minimum atomic E-state index is -2.00. The lowest BCUT2D eigenvalue weighted by Gasteiger charge is -2.59. The topological polar surface area (TPSA) is 175 Å². The second-order valence-corrected chi connectivity index (χ2v) is 13.1. The van der Waals surface area contributed by atoms with Crippen molar-refractivity contribution in [1.29, 1.82) is 0 Å². The maximum Gasteiger partial charge on any atom is 0.353 e. The van der Waals surface area contributed by atoms with E-state index in [9.17, 15) is 34.5 Å². The molecule has 0 saturated heterocycles. The molecule has 0 unspecified atom stereocenters. The molecule has 0 amide bonds. The summed E-state index contributed by atoms with van der Waals surface area (Å²) in [6, 6.07) is 19.4. The minimum Gasteiger partial charge on any atom is -0.493 e. The number of aliphatic hydroxyl groups excluding tert-OH is 1. The number of benzene rings is 3. The van der Waals surface area contributed by atoms with Crippen molar-refractivity contribution in [3.63, 3.8) is 0 Å². The Morgan fingerprint density at radius 3 is 2.26 bits per heavy atom. The minimum absolute atomic E-state index is 0.0224. The monoisotopic (exact) mass is 684 g/mol. The van der Waals surface area contributed by atoms with Gasteiger partial charge in [-0.05, 0) is 49.3 Å². The van der Waals surface area contributed by atoms with Gasteiger partial charge in [-0.1, -0.05) is 73.2 Å². The first kappa shape index (κ1) is 33.3. The van der Waals surface area contributed by atoms with Gasteiger partial charge in [0.1, 0.15) is 5.76 Å². The van der Waals surface area contributed by atoms with E-state index in [-0.39, 0.29) is 29.2 Å². The number of carboxylic acids is 1. The molecule has 7 rings (SSSR count). The van der Waals surface area contributed by atoms with E-state index in [1.165, 1.54) is 31.4 Å². The van der Waals surface area contributed by atoms with E-state index in [2.05, 4.69) is 0 Å². The summed E-state index contributed by atoms with van der Waals surface area (Å²) in [6.07, 6.45) is -2.36. The van der Waals surface area contributed by atoms with Crippen LogP contribution in [0.15, 0.2) is 84.6 Å². The van der Waals surface area contributed by atoms with Crippen LogP contribution in [0.25, 0.3) is 0 Å². The quantitative estimate of drug-likeness (QED) is 0.196. The van der Waals surface area contributed by atoms with Gasteiger partial charge in [0.05, 0.1) is 24.5 Å². The second-order valence-electron chi connectivity index (χ2n) is 13.1. The van der Waals surface area contributed by atoms with E-state index in [1.807, 2.05) is 12.1 Å². The number of esters is 3. The molecule has 1 saturated carbocycles. The number of hydrogen-bond donors (Lipinski definition) is 3. The third-order valence-corrected chi connectivity index (χ3v) is 10.4. The molecule has 50 heavy (non-hydrogen) atoms. The number of hydrogen-bond acceptors (Lipinski definition) is 11. The smallest absolute Gasteiger partial charge is 0.353 e. The van der Waals surface area contributed by atoms with Crippen LogP contribution in [0.2, 0.25) is 0 Å². The molecule has 3 aromatic rings. The number of rotatable bonds is 11. The molecule has 3 N–H and O–H groups in total. The van der Waals surface area contributed by atoms with Gasteiger partial charge in [-0.3, -0.25) is 4.79 Å². The van der Waals surface area contributed by atoms with E-state index < -0.39 is 65.7 Å². The van der Waals surface area contributed by atoms with Crippen molar-refractivity contribution in [2.24, 2.45) is 5.92 Å². The van der Waals surface area contributed by atoms with Gasteiger partial charge in [-0.15, -0.1) is 0 Å². The van der Waals surface area contributed by atoms with Gasteiger partial charge in [-0.2, -0.15) is 0 Å². The zero-order valence-corrected chi connectivity index (χ0v) is 27.2. The molecule has 1 heterocycles. The van der Waals surface area contributed by atoms with Crippen molar-refractivity contribution in [2.45, 2.75) is 74.0 Å². The van der Waals surface area contributed by atoms with Crippen molar-refractivity contribution in [3.8, 4) is 11.5 Å². The molecule has 1 spiro atoms.